The smallest absolute Gasteiger partial charge is 0.410 e. The van der Waals surface area contributed by atoms with Gasteiger partial charge in [-0.2, -0.15) is 8.78 Å². The molecule has 5 nitrogen and oxygen atoms in total. The van der Waals surface area contributed by atoms with Crippen molar-refractivity contribution < 1.29 is 28.2 Å². The van der Waals surface area contributed by atoms with Crippen LogP contribution in [0, 0.1) is 0 Å². The van der Waals surface area contributed by atoms with Crippen LogP contribution in [0.3, 0.4) is 0 Å². The van der Waals surface area contributed by atoms with Gasteiger partial charge in [-0.05, 0) is 47.6 Å². The van der Waals surface area contributed by atoms with Gasteiger partial charge < -0.3 is 19.5 Å². The van der Waals surface area contributed by atoms with Gasteiger partial charge in [-0.15, -0.1) is 0 Å². The lowest BCUT2D eigenvalue weighted by Gasteiger charge is -2.51. The van der Waals surface area contributed by atoms with Crippen LogP contribution in [0.2, 0.25) is 0 Å². The second-order valence-corrected chi connectivity index (χ2v) is 10.3. The van der Waals surface area contributed by atoms with Gasteiger partial charge in [-0.25, -0.2) is 4.79 Å². The quantitative estimate of drug-likeness (QED) is 0.434. The minimum atomic E-state index is -2.98. The lowest BCUT2D eigenvalue weighted by Crippen LogP contribution is -2.59. The molecule has 0 aromatic heterocycles. The number of carbonyl (C=O) groups is 1. The molecule has 37 heavy (non-hydrogen) atoms. The molecule has 1 amide bonds. The second-order valence-electron chi connectivity index (χ2n) is 10.3. The highest BCUT2D eigenvalue weighted by Crippen LogP contribution is 2.48. The third kappa shape index (κ3) is 4.25. The number of nitrogens with zero attached hydrogens (tertiary/aromatic N) is 1. The summed E-state index contributed by atoms with van der Waals surface area (Å²) in [5.41, 5.74) is 3.63. The molecule has 3 aromatic carbocycles. The van der Waals surface area contributed by atoms with Crippen molar-refractivity contribution in [1.82, 2.24) is 4.90 Å². The van der Waals surface area contributed by atoms with Crippen molar-refractivity contribution in [2.75, 3.05) is 6.61 Å². The van der Waals surface area contributed by atoms with E-state index in [0.29, 0.717) is 5.56 Å². The number of hydrogen-bond acceptors (Lipinski definition) is 4. The number of hydrogen-bond donors (Lipinski definition) is 1. The lowest BCUT2D eigenvalue weighted by molar-refractivity contribution is -0.0944. The molecule has 2 heterocycles. The summed E-state index contributed by atoms with van der Waals surface area (Å²) >= 11 is 0. The van der Waals surface area contributed by atoms with Gasteiger partial charge in [0.1, 0.15) is 12.4 Å². The minimum absolute atomic E-state index is 0.0207. The zero-order chi connectivity index (χ0) is 25.6. The van der Waals surface area contributed by atoms with Crippen LogP contribution in [0.1, 0.15) is 54.7 Å². The van der Waals surface area contributed by atoms with Crippen molar-refractivity contribution in [3.8, 4) is 16.9 Å². The van der Waals surface area contributed by atoms with Crippen LogP contribution in [0.15, 0.2) is 72.8 Å². The van der Waals surface area contributed by atoms with Crippen molar-refractivity contribution >= 4 is 6.09 Å². The fourth-order valence-corrected chi connectivity index (χ4v) is 6.67. The van der Waals surface area contributed by atoms with Crippen LogP contribution < -0.4 is 4.74 Å². The summed E-state index contributed by atoms with van der Waals surface area (Å²) in [5.74, 6) is -0.0519. The summed E-state index contributed by atoms with van der Waals surface area (Å²) in [7, 11) is 0. The predicted molar refractivity (Wildman–Crippen MR) is 135 cm³/mol. The highest BCUT2D eigenvalue weighted by molar-refractivity contribution is 5.79. The number of carbonyl (C=O) groups excluding carboxylic acids is 1. The molecule has 0 spiro atoms. The summed E-state index contributed by atoms with van der Waals surface area (Å²) in [6.45, 7) is -2.75. The number of amides is 1. The Morgan fingerprint density at radius 2 is 1.49 bits per heavy atom. The Hall–Kier alpha value is -3.45. The number of halogens is 2. The van der Waals surface area contributed by atoms with E-state index in [0.717, 1.165) is 30.4 Å². The molecule has 0 saturated carbocycles. The third-order valence-corrected chi connectivity index (χ3v) is 8.16. The van der Waals surface area contributed by atoms with E-state index in [-0.39, 0.29) is 49.3 Å². The van der Waals surface area contributed by atoms with Gasteiger partial charge in [0.15, 0.2) is 0 Å². The van der Waals surface area contributed by atoms with Crippen molar-refractivity contribution in [3.63, 3.8) is 0 Å². The van der Waals surface area contributed by atoms with E-state index in [9.17, 15) is 18.7 Å². The molecular weight excluding hydrogens is 476 g/mol. The first kappa shape index (κ1) is 23.9. The molecule has 192 valence electrons. The van der Waals surface area contributed by atoms with Crippen LogP contribution in [-0.4, -0.2) is 41.4 Å². The average molecular weight is 506 g/mol. The van der Waals surface area contributed by atoms with Gasteiger partial charge in [-0.3, -0.25) is 0 Å². The van der Waals surface area contributed by atoms with E-state index in [1.54, 1.807) is 23.1 Å². The Morgan fingerprint density at radius 3 is 2.11 bits per heavy atom. The maximum absolute atomic E-state index is 13.5. The molecule has 2 bridgehead atoms. The molecule has 2 unspecified atom stereocenters. The molecule has 2 aliphatic heterocycles. The maximum atomic E-state index is 13.5. The Bertz CT molecular complexity index is 1250. The summed E-state index contributed by atoms with van der Waals surface area (Å²) < 4.78 is 36.7. The zero-order valence-electron chi connectivity index (χ0n) is 20.4. The number of ether oxygens (including phenoxy) is 2. The maximum Gasteiger partial charge on any atom is 0.410 e. The van der Waals surface area contributed by atoms with Gasteiger partial charge in [0.05, 0.1) is 5.60 Å². The number of para-hydroxylation sites is 1. The van der Waals surface area contributed by atoms with E-state index < -0.39 is 12.2 Å². The molecular formula is C30H29F2NO4. The van der Waals surface area contributed by atoms with Crippen LogP contribution in [-0.2, 0) is 10.3 Å². The van der Waals surface area contributed by atoms with Crippen molar-refractivity contribution in [2.45, 2.75) is 62.3 Å². The van der Waals surface area contributed by atoms with Gasteiger partial charge >= 0.3 is 12.7 Å². The fraction of sp³-hybridized carbons (Fsp3) is 0.367. The summed E-state index contributed by atoms with van der Waals surface area (Å²) in [5, 5.41) is 11.7. The minimum Gasteiger partial charge on any atom is -0.448 e. The molecule has 1 aliphatic carbocycles. The van der Waals surface area contributed by atoms with Crippen LogP contribution in [0.5, 0.6) is 5.75 Å². The molecule has 1 N–H and O–H groups in total. The first-order valence-corrected chi connectivity index (χ1v) is 12.8. The second kappa shape index (κ2) is 9.45. The van der Waals surface area contributed by atoms with E-state index in [4.69, 9.17) is 9.47 Å². The summed E-state index contributed by atoms with van der Waals surface area (Å²) in [6, 6.07) is 22.3. The molecule has 0 radical (unpaired) electrons. The Labute approximate surface area is 214 Å². The number of benzene rings is 3. The molecule has 6 rings (SSSR count). The lowest BCUT2D eigenvalue weighted by atomic mass is 9.72. The van der Waals surface area contributed by atoms with Crippen molar-refractivity contribution in [2.24, 2.45) is 0 Å². The Balaban J connectivity index is 1.21. The monoisotopic (exact) mass is 505 g/mol. The van der Waals surface area contributed by atoms with E-state index in [1.807, 2.05) is 24.3 Å². The third-order valence-electron chi connectivity index (χ3n) is 8.16. The molecule has 7 heteroatoms. The first-order valence-electron chi connectivity index (χ1n) is 12.8. The first-order chi connectivity index (χ1) is 17.9. The zero-order valence-corrected chi connectivity index (χ0v) is 20.4. The normalized spacial score (nSPS) is 24.5. The molecule has 2 atom stereocenters. The number of alkyl halides is 2. The molecule has 2 fully saturated rings. The fourth-order valence-electron chi connectivity index (χ4n) is 6.67. The van der Waals surface area contributed by atoms with Crippen molar-refractivity contribution in [3.05, 3.63) is 89.5 Å². The van der Waals surface area contributed by atoms with Crippen LogP contribution in [0.4, 0.5) is 13.6 Å². The largest absolute Gasteiger partial charge is 0.448 e. The highest BCUT2D eigenvalue weighted by atomic mass is 19.3. The SMILES string of the molecule is O=C(OCC1c2ccccc2-c2ccccc21)N1C2CCCC1CC(O)(c1ccccc1OC(F)F)C2. The van der Waals surface area contributed by atoms with E-state index in [1.165, 1.54) is 17.2 Å². The van der Waals surface area contributed by atoms with Gasteiger partial charge in [0.2, 0.25) is 0 Å². The van der Waals surface area contributed by atoms with Gasteiger partial charge in [0, 0.05) is 36.4 Å². The Kier molecular flexibility index (Phi) is 6.11. The number of fused-ring (bicyclic) bond motifs is 5. The summed E-state index contributed by atoms with van der Waals surface area (Å²) in [6.07, 6.45) is 2.50. The van der Waals surface area contributed by atoms with Crippen LogP contribution in [0.25, 0.3) is 11.1 Å². The van der Waals surface area contributed by atoms with Crippen molar-refractivity contribution in [1.29, 1.82) is 0 Å². The number of aliphatic hydroxyl groups is 1. The van der Waals surface area contributed by atoms with E-state index >= 15 is 0 Å². The molecule has 3 aliphatic rings. The molecule has 2 saturated heterocycles. The molecule has 3 aromatic rings. The topological polar surface area (TPSA) is 59.0 Å². The summed E-state index contributed by atoms with van der Waals surface area (Å²) in [4.78, 5) is 15.2. The van der Waals surface area contributed by atoms with Crippen LogP contribution >= 0.6 is 0 Å². The van der Waals surface area contributed by atoms with Gasteiger partial charge in [-0.1, -0.05) is 66.7 Å². The standard InChI is InChI=1S/C30H29F2NO4/c31-28(32)37-27-15-6-5-14-26(27)30(35)16-19-8-7-9-20(17-30)33(19)29(34)36-18-25-23-12-3-1-10-21(23)22-11-2-4-13-24(22)25/h1-6,10-15,19-20,25,28,35H,7-9,16-18H2. The predicted octanol–water partition coefficient (Wildman–Crippen LogP) is 6.44. The number of rotatable bonds is 5. The average Bonchev–Trinajstić information content (AvgIpc) is 3.20. The number of piperidine rings is 2. The Morgan fingerprint density at radius 1 is 0.919 bits per heavy atom. The highest BCUT2D eigenvalue weighted by Gasteiger charge is 2.50. The van der Waals surface area contributed by atoms with Gasteiger partial charge in [0.25, 0.3) is 0 Å². The van der Waals surface area contributed by atoms with E-state index in [2.05, 4.69) is 24.3 Å².